The molecule has 1 aliphatic heterocycles. The van der Waals surface area contributed by atoms with E-state index in [4.69, 9.17) is 22.7 Å². The maximum Gasteiger partial charge on any atom is 0.167 e. The van der Waals surface area contributed by atoms with Crippen molar-refractivity contribution in [3.8, 4) is 0 Å². The molecule has 0 aliphatic carbocycles. The van der Waals surface area contributed by atoms with Crippen LogP contribution in [-0.4, -0.2) is 27.3 Å². The molecule has 0 amide bonds. The molecule has 0 bridgehead atoms. The summed E-state index contributed by atoms with van der Waals surface area (Å²) in [6.45, 7) is 1.66. The Balaban J connectivity index is 2.07. The van der Waals surface area contributed by atoms with Gasteiger partial charge in [-0.25, -0.2) is 4.98 Å². The van der Waals surface area contributed by atoms with Gasteiger partial charge in [-0.1, -0.05) is 12.2 Å². The van der Waals surface area contributed by atoms with Gasteiger partial charge in [0.15, 0.2) is 5.82 Å². The van der Waals surface area contributed by atoms with Crippen molar-refractivity contribution in [2.75, 3.05) is 6.61 Å². The van der Waals surface area contributed by atoms with E-state index in [2.05, 4.69) is 4.98 Å². The Bertz CT molecular complexity index is 331. The standard InChI is InChI=1S/C9H13N3OS/c10-8(14)9-11-3-4-12(9)6-7-2-1-5-13-7/h3-4,7H,1-2,5-6H2,(H2,10,14). The minimum absolute atomic E-state index is 0.289. The lowest BCUT2D eigenvalue weighted by Gasteiger charge is -2.11. The molecule has 1 fully saturated rings. The third kappa shape index (κ3) is 1.93. The molecule has 14 heavy (non-hydrogen) atoms. The zero-order valence-electron chi connectivity index (χ0n) is 7.85. The summed E-state index contributed by atoms with van der Waals surface area (Å²) in [6, 6.07) is 0. The van der Waals surface area contributed by atoms with Gasteiger partial charge in [0.2, 0.25) is 0 Å². The third-order valence-electron chi connectivity index (χ3n) is 2.36. The Morgan fingerprint density at radius 1 is 1.79 bits per heavy atom. The first-order valence-electron chi connectivity index (χ1n) is 4.70. The molecule has 1 atom stereocenters. The second-order valence-corrected chi connectivity index (χ2v) is 3.84. The lowest BCUT2D eigenvalue weighted by molar-refractivity contribution is 0.0969. The number of nitrogens with zero attached hydrogens (tertiary/aromatic N) is 2. The Hall–Kier alpha value is -0.940. The van der Waals surface area contributed by atoms with Crippen LogP contribution in [0.1, 0.15) is 18.7 Å². The van der Waals surface area contributed by atoms with Crippen molar-refractivity contribution in [1.29, 1.82) is 0 Å². The average molecular weight is 211 g/mol. The molecule has 76 valence electrons. The van der Waals surface area contributed by atoms with E-state index >= 15 is 0 Å². The summed E-state index contributed by atoms with van der Waals surface area (Å²) in [5.74, 6) is 0.676. The molecule has 5 heteroatoms. The van der Waals surface area contributed by atoms with Crippen molar-refractivity contribution in [3.05, 3.63) is 18.2 Å². The molecule has 1 saturated heterocycles. The summed E-state index contributed by atoms with van der Waals surface area (Å²) < 4.78 is 7.48. The predicted octanol–water partition coefficient (Wildman–Crippen LogP) is 0.696. The summed E-state index contributed by atoms with van der Waals surface area (Å²) >= 11 is 4.90. The van der Waals surface area contributed by atoms with E-state index in [0.29, 0.717) is 10.8 Å². The molecule has 0 spiro atoms. The summed E-state index contributed by atoms with van der Waals surface area (Å²) in [5.41, 5.74) is 5.54. The maximum atomic E-state index is 5.54. The molecule has 2 N–H and O–H groups in total. The number of aromatic nitrogens is 2. The van der Waals surface area contributed by atoms with Gasteiger partial charge >= 0.3 is 0 Å². The number of thiocarbonyl (C=S) groups is 1. The number of nitrogens with two attached hydrogens (primary N) is 1. The van der Waals surface area contributed by atoms with Crippen LogP contribution < -0.4 is 5.73 Å². The highest BCUT2D eigenvalue weighted by atomic mass is 32.1. The molecule has 1 unspecified atom stereocenters. The average Bonchev–Trinajstić information content (AvgIpc) is 2.75. The van der Waals surface area contributed by atoms with Gasteiger partial charge in [0.05, 0.1) is 12.6 Å². The van der Waals surface area contributed by atoms with Crippen molar-refractivity contribution in [1.82, 2.24) is 9.55 Å². The van der Waals surface area contributed by atoms with Gasteiger partial charge in [0, 0.05) is 19.0 Å². The van der Waals surface area contributed by atoms with Crippen molar-refractivity contribution >= 4 is 17.2 Å². The summed E-state index contributed by atoms with van der Waals surface area (Å²) in [5, 5.41) is 0. The number of imidazole rings is 1. The first kappa shape index (κ1) is 9.61. The van der Waals surface area contributed by atoms with Crippen LogP contribution in [0.2, 0.25) is 0 Å². The fraction of sp³-hybridized carbons (Fsp3) is 0.556. The van der Waals surface area contributed by atoms with Gasteiger partial charge in [-0.05, 0) is 12.8 Å². The van der Waals surface area contributed by atoms with Gasteiger partial charge < -0.3 is 15.0 Å². The van der Waals surface area contributed by atoms with Crippen molar-refractivity contribution < 1.29 is 4.74 Å². The quantitative estimate of drug-likeness (QED) is 0.748. The van der Waals surface area contributed by atoms with Crippen LogP contribution in [0.15, 0.2) is 12.4 Å². The molecule has 0 aromatic carbocycles. The van der Waals surface area contributed by atoms with Crippen molar-refractivity contribution in [3.63, 3.8) is 0 Å². The number of ether oxygens (including phenoxy) is 1. The van der Waals surface area contributed by atoms with Crippen molar-refractivity contribution in [2.45, 2.75) is 25.5 Å². The fourth-order valence-corrected chi connectivity index (χ4v) is 1.86. The molecule has 1 aromatic rings. The van der Waals surface area contributed by atoms with Gasteiger partial charge in [-0.15, -0.1) is 0 Å². The number of rotatable bonds is 3. The molecule has 2 rings (SSSR count). The van der Waals surface area contributed by atoms with Gasteiger partial charge in [-0.3, -0.25) is 0 Å². The number of hydrogen-bond donors (Lipinski definition) is 1. The Kier molecular flexibility index (Phi) is 2.79. The van der Waals surface area contributed by atoms with Crippen LogP contribution in [0.25, 0.3) is 0 Å². The van der Waals surface area contributed by atoms with Crippen LogP contribution in [-0.2, 0) is 11.3 Å². The maximum absolute atomic E-state index is 5.54. The molecule has 2 heterocycles. The molecular formula is C9H13N3OS. The van der Waals surface area contributed by atoms with E-state index in [1.807, 2.05) is 10.8 Å². The number of hydrogen-bond acceptors (Lipinski definition) is 3. The lowest BCUT2D eigenvalue weighted by atomic mass is 10.2. The van der Waals surface area contributed by atoms with Crippen molar-refractivity contribution in [2.24, 2.45) is 5.73 Å². The zero-order chi connectivity index (χ0) is 9.97. The molecule has 0 radical (unpaired) electrons. The van der Waals surface area contributed by atoms with E-state index in [1.165, 1.54) is 0 Å². The van der Waals surface area contributed by atoms with Crippen LogP contribution in [0.4, 0.5) is 0 Å². The largest absolute Gasteiger partial charge is 0.387 e. The first-order chi connectivity index (χ1) is 6.77. The highest BCUT2D eigenvalue weighted by Crippen LogP contribution is 2.14. The highest BCUT2D eigenvalue weighted by Gasteiger charge is 2.17. The Morgan fingerprint density at radius 2 is 2.64 bits per heavy atom. The topological polar surface area (TPSA) is 53.1 Å². The van der Waals surface area contributed by atoms with E-state index in [9.17, 15) is 0 Å². The SMILES string of the molecule is NC(=S)c1nccn1CC1CCCO1. The van der Waals surface area contributed by atoms with Gasteiger partial charge in [0.1, 0.15) is 4.99 Å². The van der Waals surface area contributed by atoms with Crippen LogP contribution in [0.5, 0.6) is 0 Å². The molecule has 1 aromatic heterocycles. The minimum atomic E-state index is 0.289. The Morgan fingerprint density at radius 3 is 3.29 bits per heavy atom. The smallest absolute Gasteiger partial charge is 0.167 e. The van der Waals surface area contributed by atoms with E-state index < -0.39 is 0 Å². The summed E-state index contributed by atoms with van der Waals surface area (Å²) in [4.78, 5) is 4.44. The predicted molar refractivity (Wildman–Crippen MR) is 57.1 cm³/mol. The second-order valence-electron chi connectivity index (χ2n) is 3.40. The summed E-state index contributed by atoms with van der Waals surface area (Å²) in [6.07, 6.45) is 6.13. The van der Waals surface area contributed by atoms with E-state index in [-0.39, 0.29) is 6.10 Å². The van der Waals surface area contributed by atoms with Crippen LogP contribution >= 0.6 is 12.2 Å². The van der Waals surface area contributed by atoms with Crippen LogP contribution in [0, 0.1) is 0 Å². The Labute approximate surface area is 88.1 Å². The van der Waals surface area contributed by atoms with E-state index in [1.54, 1.807) is 6.20 Å². The second kappa shape index (κ2) is 4.06. The van der Waals surface area contributed by atoms with Crippen LogP contribution in [0.3, 0.4) is 0 Å². The van der Waals surface area contributed by atoms with Gasteiger partial charge in [-0.2, -0.15) is 0 Å². The lowest BCUT2D eigenvalue weighted by Crippen LogP contribution is -2.21. The fourth-order valence-electron chi connectivity index (χ4n) is 1.69. The highest BCUT2D eigenvalue weighted by molar-refractivity contribution is 7.80. The molecule has 1 aliphatic rings. The zero-order valence-corrected chi connectivity index (χ0v) is 8.67. The van der Waals surface area contributed by atoms with E-state index in [0.717, 1.165) is 26.0 Å². The summed E-state index contributed by atoms with van der Waals surface area (Å²) in [7, 11) is 0. The normalized spacial score (nSPS) is 21.3. The third-order valence-corrected chi connectivity index (χ3v) is 2.54. The first-order valence-corrected chi connectivity index (χ1v) is 5.11. The molecule has 4 nitrogen and oxygen atoms in total. The minimum Gasteiger partial charge on any atom is -0.387 e. The van der Waals surface area contributed by atoms with Gasteiger partial charge in [0.25, 0.3) is 0 Å². The molecular weight excluding hydrogens is 198 g/mol. The monoisotopic (exact) mass is 211 g/mol. The molecule has 0 saturated carbocycles.